The number of amides is 1. The van der Waals surface area contributed by atoms with Gasteiger partial charge in [-0.05, 0) is 43.5 Å². The van der Waals surface area contributed by atoms with Crippen LogP contribution in [0.4, 0.5) is 0 Å². The van der Waals surface area contributed by atoms with Crippen LogP contribution in [-0.2, 0) is 11.3 Å². The number of hydrogen-bond acceptors (Lipinski definition) is 4. The molecule has 32 heavy (non-hydrogen) atoms. The van der Waals surface area contributed by atoms with Crippen LogP contribution in [0.25, 0.3) is 10.9 Å². The Morgan fingerprint density at radius 3 is 2.62 bits per heavy atom. The van der Waals surface area contributed by atoms with Gasteiger partial charge in [0.1, 0.15) is 0 Å². The standard InChI is InChI=1S/C25H28ClN3O2S/c1-17(23(30)28(2)20-11-7-4-8-12-20)32-25-27-22-15-19(26)13-14-21(22)24(31)29(25)16-18-9-5-3-6-10-18/h3,5-6,9-10,13-15,17,20H,4,7-8,11-12,16H2,1-2H3/t17-/m1/s1. The van der Waals surface area contributed by atoms with Crippen molar-refractivity contribution in [1.29, 1.82) is 0 Å². The molecule has 1 aromatic heterocycles. The third-order valence-corrected chi connectivity index (χ3v) is 7.48. The molecule has 0 spiro atoms. The topological polar surface area (TPSA) is 55.2 Å². The maximum absolute atomic E-state index is 13.4. The van der Waals surface area contributed by atoms with E-state index in [1.165, 1.54) is 31.0 Å². The molecule has 0 unspecified atom stereocenters. The van der Waals surface area contributed by atoms with Crippen LogP contribution in [0.3, 0.4) is 0 Å². The summed E-state index contributed by atoms with van der Waals surface area (Å²) in [5.74, 6) is 0.0774. The summed E-state index contributed by atoms with van der Waals surface area (Å²) in [7, 11) is 1.90. The molecule has 1 aliphatic rings. The monoisotopic (exact) mass is 469 g/mol. The van der Waals surface area contributed by atoms with Crippen LogP contribution in [0.5, 0.6) is 0 Å². The lowest BCUT2D eigenvalue weighted by Crippen LogP contribution is -2.42. The Hall–Kier alpha value is -2.31. The van der Waals surface area contributed by atoms with E-state index in [0.717, 1.165) is 18.4 Å². The summed E-state index contributed by atoms with van der Waals surface area (Å²) in [4.78, 5) is 33.2. The molecule has 1 amide bonds. The predicted octanol–water partition coefficient (Wildman–Crippen LogP) is 5.37. The van der Waals surface area contributed by atoms with Crippen molar-refractivity contribution >= 4 is 40.2 Å². The van der Waals surface area contributed by atoms with Crippen LogP contribution < -0.4 is 5.56 Å². The minimum Gasteiger partial charge on any atom is -0.342 e. The van der Waals surface area contributed by atoms with E-state index in [1.54, 1.807) is 22.8 Å². The van der Waals surface area contributed by atoms with Gasteiger partial charge in [-0.1, -0.05) is 73.0 Å². The third kappa shape index (κ3) is 5.02. The summed E-state index contributed by atoms with van der Waals surface area (Å²) in [6, 6.07) is 15.2. The molecule has 0 bridgehead atoms. The van der Waals surface area contributed by atoms with Gasteiger partial charge in [0.2, 0.25) is 5.91 Å². The SMILES string of the molecule is C[C@@H](Sc1nc2cc(Cl)ccc2c(=O)n1Cc1ccccc1)C(=O)N(C)C1CCCCC1. The van der Waals surface area contributed by atoms with E-state index in [1.807, 2.05) is 49.2 Å². The minimum atomic E-state index is -0.354. The van der Waals surface area contributed by atoms with Crippen LogP contribution in [0.1, 0.15) is 44.6 Å². The number of benzene rings is 2. The molecule has 0 radical (unpaired) electrons. The number of thioether (sulfide) groups is 1. The average molecular weight is 470 g/mol. The fourth-order valence-electron chi connectivity index (χ4n) is 4.31. The van der Waals surface area contributed by atoms with Crippen LogP contribution >= 0.6 is 23.4 Å². The van der Waals surface area contributed by atoms with E-state index in [0.29, 0.717) is 33.7 Å². The van der Waals surface area contributed by atoms with Crippen LogP contribution in [0.15, 0.2) is 58.5 Å². The number of halogens is 1. The van der Waals surface area contributed by atoms with Crippen molar-refractivity contribution in [2.75, 3.05) is 7.05 Å². The molecule has 5 nitrogen and oxygen atoms in total. The van der Waals surface area contributed by atoms with Crippen molar-refractivity contribution < 1.29 is 4.79 Å². The Kier molecular flexibility index (Phi) is 7.21. The number of hydrogen-bond donors (Lipinski definition) is 0. The molecule has 168 valence electrons. The van der Waals surface area contributed by atoms with Crippen LogP contribution in [0.2, 0.25) is 5.02 Å². The van der Waals surface area contributed by atoms with Gasteiger partial charge in [-0.25, -0.2) is 4.98 Å². The fraction of sp³-hybridized carbons (Fsp3) is 0.400. The van der Waals surface area contributed by atoms with Gasteiger partial charge >= 0.3 is 0 Å². The van der Waals surface area contributed by atoms with E-state index >= 15 is 0 Å². The molecule has 1 aliphatic carbocycles. The van der Waals surface area contributed by atoms with E-state index in [9.17, 15) is 9.59 Å². The van der Waals surface area contributed by atoms with Gasteiger partial charge in [0.25, 0.3) is 5.56 Å². The molecule has 4 rings (SSSR count). The van der Waals surface area contributed by atoms with Crippen molar-refractivity contribution in [3.63, 3.8) is 0 Å². The Labute approximate surface area is 197 Å². The highest BCUT2D eigenvalue weighted by Crippen LogP contribution is 2.28. The molecule has 2 aromatic carbocycles. The molecule has 1 heterocycles. The van der Waals surface area contributed by atoms with E-state index < -0.39 is 0 Å². The highest BCUT2D eigenvalue weighted by Gasteiger charge is 2.27. The molecular formula is C25H28ClN3O2S. The number of rotatable bonds is 6. The smallest absolute Gasteiger partial charge is 0.262 e. The number of aromatic nitrogens is 2. The number of carbonyl (C=O) groups excluding carboxylic acids is 1. The Bertz CT molecular complexity index is 1160. The number of fused-ring (bicyclic) bond motifs is 1. The highest BCUT2D eigenvalue weighted by molar-refractivity contribution is 8.00. The summed E-state index contributed by atoms with van der Waals surface area (Å²) in [6.07, 6.45) is 5.72. The van der Waals surface area contributed by atoms with Crippen LogP contribution in [-0.4, -0.2) is 38.7 Å². The van der Waals surface area contributed by atoms with Gasteiger partial charge in [0, 0.05) is 18.1 Å². The third-order valence-electron chi connectivity index (χ3n) is 6.17. The highest BCUT2D eigenvalue weighted by atomic mass is 35.5. The quantitative estimate of drug-likeness (QED) is 0.359. The zero-order valence-corrected chi connectivity index (χ0v) is 20.0. The first-order chi connectivity index (χ1) is 15.4. The summed E-state index contributed by atoms with van der Waals surface area (Å²) in [6.45, 7) is 2.29. The summed E-state index contributed by atoms with van der Waals surface area (Å²) in [5.41, 5.74) is 1.43. The lowest BCUT2D eigenvalue weighted by Gasteiger charge is -2.32. The second-order valence-electron chi connectivity index (χ2n) is 8.43. The summed E-state index contributed by atoms with van der Waals surface area (Å²) in [5, 5.41) is 1.23. The maximum atomic E-state index is 13.4. The average Bonchev–Trinajstić information content (AvgIpc) is 2.81. The predicted molar refractivity (Wildman–Crippen MR) is 132 cm³/mol. The van der Waals surface area contributed by atoms with Gasteiger partial charge in [-0.2, -0.15) is 0 Å². The van der Waals surface area contributed by atoms with E-state index in [4.69, 9.17) is 16.6 Å². The molecule has 1 fully saturated rings. The molecule has 1 saturated carbocycles. The van der Waals surface area contributed by atoms with Crippen molar-refractivity contribution in [3.05, 3.63) is 69.5 Å². The fourth-order valence-corrected chi connectivity index (χ4v) is 5.49. The first-order valence-corrected chi connectivity index (χ1v) is 12.4. The van der Waals surface area contributed by atoms with Gasteiger partial charge in [-0.3, -0.25) is 14.2 Å². The largest absolute Gasteiger partial charge is 0.342 e. The first kappa shape index (κ1) is 22.9. The molecule has 7 heteroatoms. The Balaban J connectivity index is 1.67. The van der Waals surface area contributed by atoms with Gasteiger partial charge < -0.3 is 4.90 Å². The van der Waals surface area contributed by atoms with E-state index in [2.05, 4.69) is 0 Å². The van der Waals surface area contributed by atoms with Crippen molar-refractivity contribution in [2.45, 2.75) is 62.0 Å². The molecule has 0 N–H and O–H groups in total. The molecule has 1 atom stereocenters. The lowest BCUT2D eigenvalue weighted by atomic mass is 9.94. The molecule has 0 saturated heterocycles. The zero-order valence-electron chi connectivity index (χ0n) is 18.5. The maximum Gasteiger partial charge on any atom is 0.262 e. The number of nitrogens with zero attached hydrogens (tertiary/aromatic N) is 3. The van der Waals surface area contributed by atoms with Crippen molar-refractivity contribution in [2.24, 2.45) is 0 Å². The van der Waals surface area contributed by atoms with Gasteiger partial charge in [-0.15, -0.1) is 0 Å². The summed E-state index contributed by atoms with van der Waals surface area (Å²) >= 11 is 7.50. The second kappa shape index (κ2) is 10.1. The minimum absolute atomic E-state index is 0.0774. The van der Waals surface area contributed by atoms with Crippen molar-refractivity contribution in [1.82, 2.24) is 14.5 Å². The number of carbonyl (C=O) groups is 1. The van der Waals surface area contributed by atoms with Gasteiger partial charge in [0.05, 0.1) is 22.7 Å². The normalized spacial score (nSPS) is 15.6. The molecule has 0 aliphatic heterocycles. The molecule has 3 aromatic rings. The lowest BCUT2D eigenvalue weighted by molar-refractivity contribution is -0.131. The second-order valence-corrected chi connectivity index (χ2v) is 10.2. The molecular weight excluding hydrogens is 442 g/mol. The van der Waals surface area contributed by atoms with E-state index in [-0.39, 0.29) is 16.7 Å². The Morgan fingerprint density at radius 1 is 1.19 bits per heavy atom. The first-order valence-electron chi connectivity index (χ1n) is 11.1. The van der Waals surface area contributed by atoms with Gasteiger partial charge in [0.15, 0.2) is 5.16 Å². The van der Waals surface area contributed by atoms with Crippen LogP contribution in [0, 0.1) is 0 Å². The summed E-state index contributed by atoms with van der Waals surface area (Å²) < 4.78 is 1.67. The zero-order chi connectivity index (χ0) is 22.7. The Morgan fingerprint density at radius 2 is 1.91 bits per heavy atom. The van der Waals surface area contributed by atoms with Crippen molar-refractivity contribution in [3.8, 4) is 0 Å².